The zero-order valence-corrected chi connectivity index (χ0v) is 5.01. The Bertz CT molecular complexity index is 6.35. The van der Waals surface area contributed by atoms with Crippen LogP contribution in [0.3, 0.4) is 0 Å². The first-order valence-corrected chi connectivity index (χ1v) is 0.667. The molecule has 7 nitrogen and oxygen atoms in total. The van der Waals surface area contributed by atoms with Crippen molar-refractivity contribution in [1.29, 1.82) is 0 Å². The minimum atomic E-state index is 0. The van der Waals surface area contributed by atoms with Crippen LogP contribution in [0.15, 0.2) is 0 Å². The third-order valence-electron chi connectivity index (χ3n) is 0. The minimum absolute atomic E-state index is 0. The van der Waals surface area contributed by atoms with E-state index in [0.717, 1.165) is 0 Å². The van der Waals surface area contributed by atoms with Crippen LogP contribution in [0.5, 0.6) is 0 Å². The second kappa shape index (κ2) is 51.9. The molecule has 0 fully saturated rings. The summed E-state index contributed by atoms with van der Waals surface area (Å²) in [5, 5.41) is 35.0. The summed E-state index contributed by atoms with van der Waals surface area (Å²) >= 11 is 0. The van der Waals surface area contributed by atoms with E-state index in [0.29, 0.717) is 0 Å². The molecule has 0 heterocycles. The van der Waals surface area contributed by atoms with Crippen LogP contribution in [0.2, 0.25) is 0 Å². The molecule has 8 heteroatoms. The Labute approximate surface area is 59.0 Å². The van der Waals surface area contributed by atoms with Crippen LogP contribution in [0, 0.1) is 0 Å². The minimum Gasteiger partial charge on any atom is -0.734 e. The maximum absolute atomic E-state index is 7.88. The van der Waals surface area contributed by atoms with E-state index >= 15 is 0 Å². The average molecular weight is 162 g/mol. The zero-order chi connectivity index (χ0) is 5.41. The summed E-state index contributed by atoms with van der Waals surface area (Å²) in [6.45, 7) is 0. The largest absolute Gasteiger partial charge is 4.00 e. The Morgan fingerprint density at radius 2 is 0.750 bits per heavy atom. The molecular formula is H2O7Ti. The summed E-state index contributed by atoms with van der Waals surface area (Å²) in [4.78, 5) is 0. The van der Waals surface area contributed by atoms with Gasteiger partial charge in [-0.05, 0) is 0 Å². The Hall–Kier alpha value is 0.434. The van der Waals surface area contributed by atoms with E-state index in [4.69, 9.17) is 21.0 Å². The molecule has 0 aromatic heterocycles. The van der Waals surface area contributed by atoms with Crippen molar-refractivity contribution in [3.63, 3.8) is 0 Å². The SMILES string of the molecule is O.[O-]O[O-].[O-]O[O-].[Ti+4]. The van der Waals surface area contributed by atoms with Gasteiger partial charge in [-0.1, -0.05) is 0 Å². The standard InChI is InChI=1S/2H2O3.H2O.Ti/c2*1-3-2;;/h2*1-2H;1H2;/q;;;+4/p-4. The molecule has 0 aliphatic carbocycles. The maximum Gasteiger partial charge on any atom is 4.00 e. The Morgan fingerprint density at radius 1 is 0.750 bits per heavy atom. The van der Waals surface area contributed by atoms with E-state index in [1.807, 2.05) is 0 Å². The van der Waals surface area contributed by atoms with Crippen LogP contribution >= 0.6 is 0 Å². The smallest absolute Gasteiger partial charge is 0.734 e. The summed E-state index contributed by atoms with van der Waals surface area (Å²) in [6.07, 6.45) is 0. The monoisotopic (exact) mass is 162 g/mol. The van der Waals surface area contributed by atoms with Crippen LogP contribution in [0.25, 0.3) is 0 Å². The van der Waals surface area contributed by atoms with Crippen LogP contribution in [0.1, 0.15) is 0 Å². The topological polar surface area (TPSA) is 142 Å². The molecule has 0 spiro atoms. The van der Waals surface area contributed by atoms with Gasteiger partial charge in [-0.3, -0.25) is 0 Å². The first kappa shape index (κ1) is 23.7. The molecule has 8 heavy (non-hydrogen) atoms. The van der Waals surface area contributed by atoms with E-state index in [1.54, 1.807) is 10.1 Å². The van der Waals surface area contributed by atoms with E-state index in [-0.39, 0.29) is 27.2 Å². The van der Waals surface area contributed by atoms with Gasteiger partial charge < -0.3 is 36.6 Å². The van der Waals surface area contributed by atoms with Crippen molar-refractivity contribution >= 4 is 0 Å². The molecule has 0 radical (unpaired) electrons. The molecule has 0 saturated heterocycles. The van der Waals surface area contributed by atoms with Gasteiger partial charge in [0.05, 0.1) is 0 Å². The van der Waals surface area contributed by atoms with Gasteiger partial charge in [0.2, 0.25) is 0 Å². The van der Waals surface area contributed by atoms with Crippen molar-refractivity contribution in [3.05, 3.63) is 0 Å². The van der Waals surface area contributed by atoms with Gasteiger partial charge in [-0.15, -0.1) is 0 Å². The van der Waals surface area contributed by atoms with Gasteiger partial charge >= 0.3 is 21.7 Å². The molecule has 0 aromatic carbocycles. The van der Waals surface area contributed by atoms with Crippen molar-refractivity contribution in [3.8, 4) is 0 Å². The third kappa shape index (κ3) is 1010. The van der Waals surface area contributed by atoms with Crippen LogP contribution in [-0.4, -0.2) is 5.48 Å². The fourth-order valence-electron chi connectivity index (χ4n) is 0. The first-order chi connectivity index (χ1) is 2.83. The Morgan fingerprint density at radius 3 is 0.750 bits per heavy atom. The van der Waals surface area contributed by atoms with Crippen molar-refractivity contribution < 1.29 is 58.3 Å². The van der Waals surface area contributed by atoms with Crippen molar-refractivity contribution in [2.75, 3.05) is 0 Å². The van der Waals surface area contributed by atoms with Gasteiger partial charge in [0.25, 0.3) is 0 Å². The summed E-state index contributed by atoms with van der Waals surface area (Å²) in [6, 6.07) is 0. The quantitative estimate of drug-likeness (QED) is 0.197. The van der Waals surface area contributed by atoms with E-state index < -0.39 is 0 Å². The van der Waals surface area contributed by atoms with Gasteiger partial charge in [0, 0.05) is 0 Å². The molecule has 0 unspecified atom stereocenters. The molecule has 0 bridgehead atoms. The van der Waals surface area contributed by atoms with E-state index in [1.165, 1.54) is 0 Å². The molecule has 0 aromatic rings. The van der Waals surface area contributed by atoms with E-state index in [2.05, 4.69) is 0 Å². The molecule has 2 N–H and O–H groups in total. The maximum atomic E-state index is 7.88. The summed E-state index contributed by atoms with van der Waals surface area (Å²) in [7, 11) is 0. The van der Waals surface area contributed by atoms with Crippen molar-refractivity contribution in [2.24, 2.45) is 0 Å². The first-order valence-electron chi connectivity index (χ1n) is 0.667. The molecule has 0 aliphatic rings. The number of hydrogen-bond donors (Lipinski definition) is 0. The molecule has 0 saturated carbocycles. The van der Waals surface area contributed by atoms with Gasteiger partial charge in [0.15, 0.2) is 0 Å². The number of hydrogen-bond acceptors (Lipinski definition) is 6. The summed E-state index contributed by atoms with van der Waals surface area (Å²) < 4.78 is 0. The zero-order valence-electron chi connectivity index (χ0n) is 3.45. The predicted molar refractivity (Wildman–Crippen MR) is 5.78 cm³/mol. The van der Waals surface area contributed by atoms with Crippen LogP contribution in [0.4, 0.5) is 0 Å². The fraction of sp³-hybridized carbons (Fsp3) is 0. The summed E-state index contributed by atoms with van der Waals surface area (Å²) in [5.74, 6) is 0. The number of rotatable bonds is 0. The molecular weight excluding hydrogens is 160 g/mol. The molecule has 0 rings (SSSR count). The van der Waals surface area contributed by atoms with Gasteiger partial charge in [-0.2, -0.15) is 0 Å². The Kier molecular flexibility index (Phi) is 154. The van der Waals surface area contributed by atoms with Gasteiger partial charge in [-0.25, -0.2) is 0 Å². The molecule has 0 atom stereocenters. The van der Waals surface area contributed by atoms with Crippen molar-refractivity contribution in [1.82, 2.24) is 0 Å². The molecule has 0 aliphatic heterocycles. The van der Waals surface area contributed by atoms with Crippen LogP contribution < -0.4 is 21.0 Å². The second-order valence-electron chi connectivity index (χ2n) is 0.136. The predicted octanol–water partition coefficient (Wildman–Crippen LogP) is -5.72. The van der Waals surface area contributed by atoms with Crippen molar-refractivity contribution in [2.45, 2.75) is 0 Å². The Balaban J connectivity index is -0.0000000160. The van der Waals surface area contributed by atoms with Gasteiger partial charge in [0.1, 0.15) is 0 Å². The second-order valence-corrected chi connectivity index (χ2v) is 0.136. The average Bonchev–Trinajstić information content (AvgIpc) is 1.39. The summed E-state index contributed by atoms with van der Waals surface area (Å²) in [5.41, 5.74) is 0. The molecule has 48 valence electrons. The third-order valence-corrected chi connectivity index (χ3v) is 0. The molecule has 0 amide bonds. The normalized spacial score (nSPS) is 4.50. The van der Waals surface area contributed by atoms with E-state index in [9.17, 15) is 0 Å². The fourth-order valence-corrected chi connectivity index (χ4v) is 0. The van der Waals surface area contributed by atoms with Crippen LogP contribution in [-0.2, 0) is 31.8 Å².